The van der Waals surface area contributed by atoms with Crippen molar-refractivity contribution in [3.05, 3.63) is 72.1 Å². The molecule has 2 aromatic heterocycles. The molecule has 4 rings (SSSR count). The topological polar surface area (TPSA) is 101 Å². The molecule has 3 N–H and O–H groups in total. The number of para-hydroxylation sites is 2. The van der Waals surface area contributed by atoms with E-state index < -0.39 is 18.1 Å². The second-order valence-corrected chi connectivity index (χ2v) is 9.14. The summed E-state index contributed by atoms with van der Waals surface area (Å²) < 4.78 is 0.359. The zero-order valence-electron chi connectivity index (χ0n) is 18.5. The first-order chi connectivity index (χ1) is 15.2. The van der Waals surface area contributed by atoms with E-state index in [1.807, 2.05) is 75.9 Å². The number of quaternary nitrogens is 1. The van der Waals surface area contributed by atoms with Gasteiger partial charge in [-0.2, -0.15) is 0 Å². The van der Waals surface area contributed by atoms with Crippen LogP contribution in [0.5, 0.6) is 0 Å². The normalized spacial score (nSPS) is 13.8. The van der Waals surface area contributed by atoms with Gasteiger partial charge < -0.3 is 29.7 Å². The van der Waals surface area contributed by atoms with Crippen LogP contribution in [0.2, 0.25) is 0 Å². The first-order valence-corrected chi connectivity index (χ1v) is 10.7. The zero-order valence-corrected chi connectivity index (χ0v) is 18.5. The van der Waals surface area contributed by atoms with E-state index in [-0.39, 0.29) is 12.3 Å². The zero-order chi connectivity index (χ0) is 22.9. The lowest BCUT2D eigenvalue weighted by Crippen LogP contribution is -2.59. The van der Waals surface area contributed by atoms with Crippen LogP contribution in [0.1, 0.15) is 11.1 Å². The quantitative estimate of drug-likeness (QED) is 0.370. The summed E-state index contributed by atoms with van der Waals surface area (Å²) in [5.41, 5.74) is 3.79. The van der Waals surface area contributed by atoms with Crippen molar-refractivity contribution in [1.29, 1.82) is 0 Å². The van der Waals surface area contributed by atoms with E-state index in [1.165, 1.54) is 0 Å². The Morgan fingerprint density at radius 3 is 1.88 bits per heavy atom. The van der Waals surface area contributed by atoms with Gasteiger partial charge in [-0.05, 0) is 23.3 Å². The smallest absolute Gasteiger partial charge is 0.279 e. The highest BCUT2D eigenvalue weighted by molar-refractivity contribution is 5.89. The number of amides is 1. The highest BCUT2D eigenvalue weighted by Crippen LogP contribution is 2.22. The van der Waals surface area contributed by atoms with Gasteiger partial charge in [0.05, 0.1) is 33.2 Å². The molecule has 2 heterocycles. The number of H-pyrrole nitrogens is 2. The van der Waals surface area contributed by atoms with Crippen LogP contribution >= 0.6 is 0 Å². The second kappa shape index (κ2) is 8.51. The van der Waals surface area contributed by atoms with E-state index in [2.05, 4.69) is 15.3 Å². The Labute approximate surface area is 186 Å². The first kappa shape index (κ1) is 21.6. The van der Waals surface area contributed by atoms with Crippen molar-refractivity contribution in [2.24, 2.45) is 0 Å². The van der Waals surface area contributed by atoms with Crippen LogP contribution in [0.3, 0.4) is 0 Å². The SMILES string of the molecule is C[N+](C)(C)[C@@H](Cc1c[nH]c2ccccc12)C(=O)N[C@@H](Cc1c[nH]c2ccccc12)C(=O)[O-]. The predicted octanol–water partition coefficient (Wildman–Crippen LogP) is 1.74. The van der Waals surface area contributed by atoms with Gasteiger partial charge in [0.2, 0.25) is 0 Å². The van der Waals surface area contributed by atoms with E-state index in [1.54, 1.807) is 6.20 Å². The molecule has 2 aromatic carbocycles. The highest BCUT2D eigenvalue weighted by Gasteiger charge is 2.34. The number of aliphatic carboxylic acids is 1. The number of aromatic amines is 2. The third kappa shape index (κ3) is 4.38. The molecule has 0 bridgehead atoms. The standard InChI is InChI=1S/C25H28N4O3/c1-29(2,3)23(13-17-15-27-21-11-7-5-9-19(17)21)24(30)28-22(25(31)32)12-16-14-26-20-10-6-4-8-18(16)20/h4-11,14-15,22-23,26-27H,12-13H2,1-3H3,(H-,28,30,31,32)/t22-,23-/m0/s1. The molecule has 0 unspecified atom stereocenters. The number of hydrogen-bond acceptors (Lipinski definition) is 3. The van der Waals surface area contributed by atoms with Crippen LogP contribution in [0.4, 0.5) is 0 Å². The van der Waals surface area contributed by atoms with Crippen LogP contribution in [0.15, 0.2) is 60.9 Å². The summed E-state index contributed by atoms with van der Waals surface area (Å²) in [6.45, 7) is 0. The summed E-state index contributed by atoms with van der Waals surface area (Å²) in [7, 11) is 5.81. The van der Waals surface area contributed by atoms with E-state index in [0.717, 1.165) is 32.9 Å². The molecule has 4 aromatic rings. The largest absolute Gasteiger partial charge is 0.548 e. The maximum Gasteiger partial charge on any atom is 0.279 e. The molecular formula is C25H28N4O3. The Morgan fingerprint density at radius 2 is 1.38 bits per heavy atom. The third-order valence-corrected chi connectivity index (χ3v) is 6.03. The Morgan fingerprint density at radius 1 is 0.875 bits per heavy atom. The number of nitrogens with one attached hydrogen (secondary N) is 3. The van der Waals surface area contributed by atoms with Gasteiger partial charge in [0.15, 0.2) is 6.04 Å². The van der Waals surface area contributed by atoms with E-state index in [0.29, 0.717) is 10.9 Å². The van der Waals surface area contributed by atoms with Crippen LogP contribution < -0.4 is 10.4 Å². The number of carboxylic acids is 1. The average Bonchev–Trinajstić information content (AvgIpc) is 3.35. The minimum absolute atomic E-state index is 0.148. The number of hydrogen-bond donors (Lipinski definition) is 3. The fourth-order valence-corrected chi connectivity index (χ4v) is 4.21. The van der Waals surface area contributed by atoms with Crippen LogP contribution in [0, 0.1) is 0 Å². The van der Waals surface area contributed by atoms with Gasteiger partial charge in [0.25, 0.3) is 5.91 Å². The molecule has 0 spiro atoms. The molecule has 0 aliphatic rings. The van der Waals surface area contributed by atoms with Crippen molar-refractivity contribution in [2.75, 3.05) is 21.1 Å². The van der Waals surface area contributed by atoms with Gasteiger partial charge in [-0.25, -0.2) is 0 Å². The van der Waals surface area contributed by atoms with Crippen molar-refractivity contribution in [1.82, 2.24) is 15.3 Å². The fraction of sp³-hybridized carbons (Fsp3) is 0.280. The molecular weight excluding hydrogens is 404 g/mol. The number of nitrogens with zero attached hydrogens (tertiary/aromatic N) is 1. The van der Waals surface area contributed by atoms with Gasteiger partial charge in [0, 0.05) is 47.0 Å². The Balaban J connectivity index is 1.56. The third-order valence-electron chi connectivity index (χ3n) is 6.03. The number of aromatic nitrogens is 2. The summed E-state index contributed by atoms with van der Waals surface area (Å²) in [6, 6.07) is 14.0. The van der Waals surface area contributed by atoms with Crippen LogP contribution in [-0.4, -0.2) is 59.6 Å². The Kier molecular flexibility index (Phi) is 5.76. The van der Waals surface area contributed by atoms with Gasteiger partial charge in [-0.1, -0.05) is 36.4 Å². The van der Waals surface area contributed by atoms with Crippen LogP contribution in [0.25, 0.3) is 21.8 Å². The Hall–Kier alpha value is -3.58. The van der Waals surface area contributed by atoms with Gasteiger partial charge in [-0.3, -0.25) is 4.79 Å². The highest BCUT2D eigenvalue weighted by atomic mass is 16.4. The number of rotatable bonds is 8. The molecule has 0 aliphatic carbocycles. The number of fused-ring (bicyclic) bond motifs is 2. The van der Waals surface area contributed by atoms with Crippen molar-refractivity contribution in [3.8, 4) is 0 Å². The lowest BCUT2D eigenvalue weighted by Gasteiger charge is -2.34. The predicted molar refractivity (Wildman–Crippen MR) is 123 cm³/mol. The monoisotopic (exact) mass is 432 g/mol. The molecule has 7 heteroatoms. The van der Waals surface area contributed by atoms with Crippen molar-refractivity contribution >= 4 is 33.7 Å². The van der Waals surface area contributed by atoms with Crippen molar-refractivity contribution < 1.29 is 19.2 Å². The lowest BCUT2D eigenvalue weighted by atomic mass is 10.0. The minimum atomic E-state index is -1.30. The number of carbonyl (C=O) groups excluding carboxylic acids is 2. The van der Waals surface area contributed by atoms with E-state index in [9.17, 15) is 14.7 Å². The number of carboxylic acid groups (broad SMARTS) is 1. The molecule has 0 fully saturated rings. The maximum atomic E-state index is 13.3. The summed E-state index contributed by atoms with van der Waals surface area (Å²) in [6.07, 6.45) is 4.33. The molecule has 2 atom stereocenters. The summed E-state index contributed by atoms with van der Waals surface area (Å²) in [5, 5.41) is 16.7. The molecule has 0 saturated carbocycles. The number of benzene rings is 2. The van der Waals surface area contributed by atoms with E-state index >= 15 is 0 Å². The van der Waals surface area contributed by atoms with Gasteiger partial charge in [0.1, 0.15) is 0 Å². The molecule has 32 heavy (non-hydrogen) atoms. The van der Waals surface area contributed by atoms with Crippen molar-refractivity contribution in [3.63, 3.8) is 0 Å². The first-order valence-electron chi connectivity index (χ1n) is 10.7. The second-order valence-electron chi connectivity index (χ2n) is 9.14. The van der Waals surface area contributed by atoms with Gasteiger partial charge >= 0.3 is 0 Å². The number of carbonyl (C=O) groups is 2. The van der Waals surface area contributed by atoms with E-state index in [4.69, 9.17) is 0 Å². The lowest BCUT2D eigenvalue weighted by molar-refractivity contribution is -0.886. The average molecular weight is 433 g/mol. The van der Waals surface area contributed by atoms with Crippen LogP contribution in [-0.2, 0) is 22.4 Å². The minimum Gasteiger partial charge on any atom is -0.548 e. The molecule has 0 radical (unpaired) electrons. The molecule has 0 saturated heterocycles. The fourth-order valence-electron chi connectivity index (χ4n) is 4.21. The summed E-state index contributed by atoms with van der Waals surface area (Å²) >= 11 is 0. The van der Waals surface area contributed by atoms with Gasteiger partial charge in [-0.15, -0.1) is 0 Å². The molecule has 1 amide bonds. The number of likely N-dealkylation sites (N-methyl/N-ethyl adjacent to an activating group) is 1. The molecule has 7 nitrogen and oxygen atoms in total. The molecule has 0 aliphatic heterocycles. The molecule has 166 valence electrons. The van der Waals surface area contributed by atoms with Crippen molar-refractivity contribution in [2.45, 2.75) is 24.9 Å². The maximum absolute atomic E-state index is 13.3. The summed E-state index contributed by atoms with van der Waals surface area (Å²) in [4.78, 5) is 31.6. The summed E-state index contributed by atoms with van der Waals surface area (Å²) in [5.74, 6) is -1.60. The Bertz CT molecular complexity index is 1260.